The molecule has 39 heavy (non-hydrogen) atoms. The molecule has 2 aliphatic rings. The van der Waals surface area contributed by atoms with Crippen LogP contribution in [0.5, 0.6) is 11.5 Å². The van der Waals surface area contributed by atoms with Gasteiger partial charge in [0.2, 0.25) is 6.79 Å². The SMILES string of the molecule is C/C1=C\CC/C(C=O)=C/[C@H](OC(=O)c2cc3c(c4c2c(N(O)O)cc2ccccc24)OCO3)C/C(C)=C/CC1. The number of hydrogen-bond donors (Lipinski definition) is 2. The Balaban J connectivity index is 1.62. The van der Waals surface area contributed by atoms with E-state index in [1.807, 2.05) is 31.2 Å². The van der Waals surface area contributed by atoms with Gasteiger partial charge < -0.3 is 14.2 Å². The van der Waals surface area contributed by atoms with E-state index in [4.69, 9.17) is 14.2 Å². The highest BCUT2D eigenvalue weighted by molar-refractivity contribution is 6.22. The third kappa shape index (κ3) is 5.53. The van der Waals surface area contributed by atoms with Crippen LogP contribution in [0, 0.1) is 0 Å². The number of rotatable bonds is 4. The van der Waals surface area contributed by atoms with Crippen LogP contribution in [0.3, 0.4) is 0 Å². The Labute approximate surface area is 226 Å². The van der Waals surface area contributed by atoms with Crippen molar-refractivity contribution >= 4 is 39.5 Å². The Morgan fingerprint density at radius 2 is 1.79 bits per heavy atom. The highest BCUT2D eigenvalue weighted by atomic mass is 16.8. The van der Waals surface area contributed by atoms with Gasteiger partial charge in [0.05, 0.1) is 5.56 Å². The molecule has 8 nitrogen and oxygen atoms in total. The summed E-state index contributed by atoms with van der Waals surface area (Å²) < 4.78 is 17.4. The molecule has 0 bridgehead atoms. The summed E-state index contributed by atoms with van der Waals surface area (Å²) in [4.78, 5) is 25.7. The van der Waals surface area contributed by atoms with E-state index in [1.54, 1.807) is 12.1 Å². The zero-order chi connectivity index (χ0) is 27.5. The van der Waals surface area contributed by atoms with Crippen molar-refractivity contribution < 1.29 is 34.2 Å². The molecule has 3 aromatic carbocycles. The first-order valence-corrected chi connectivity index (χ1v) is 13.0. The van der Waals surface area contributed by atoms with Crippen LogP contribution in [0.15, 0.2) is 71.3 Å². The fourth-order valence-electron chi connectivity index (χ4n) is 5.24. The topological polar surface area (TPSA) is 106 Å². The fourth-order valence-corrected chi connectivity index (χ4v) is 5.24. The summed E-state index contributed by atoms with van der Waals surface area (Å²) in [6.45, 7) is 4.04. The number of carbonyl (C=O) groups is 2. The highest BCUT2D eigenvalue weighted by Gasteiger charge is 2.29. The van der Waals surface area contributed by atoms with E-state index < -0.39 is 12.1 Å². The number of nitrogens with zero attached hydrogens (tertiary/aromatic N) is 1. The minimum atomic E-state index is -0.692. The first-order valence-electron chi connectivity index (χ1n) is 13.0. The second-order valence-corrected chi connectivity index (χ2v) is 10.00. The molecule has 0 saturated heterocycles. The molecule has 0 spiro atoms. The van der Waals surface area contributed by atoms with Crippen molar-refractivity contribution in [2.45, 2.75) is 52.1 Å². The molecule has 3 aromatic rings. The maximum absolute atomic E-state index is 13.8. The van der Waals surface area contributed by atoms with Gasteiger partial charge in [-0.2, -0.15) is 0 Å². The van der Waals surface area contributed by atoms with E-state index >= 15 is 0 Å². The Kier molecular flexibility index (Phi) is 7.67. The molecule has 202 valence electrons. The van der Waals surface area contributed by atoms with Gasteiger partial charge in [0, 0.05) is 17.2 Å². The van der Waals surface area contributed by atoms with Gasteiger partial charge in [-0.15, -0.1) is 5.23 Å². The Morgan fingerprint density at radius 3 is 2.59 bits per heavy atom. The Bertz CT molecular complexity index is 1530. The van der Waals surface area contributed by atoms with Gasteiger partial charge in [-0.1, -0.05) is 47.6 Å². The van der Waals surface area contributed by atoms with Crippen LogP contribution in [0.1, 0.15) is 56.3 Å². The Hall–Kier alpha value is -4.14. The van der Waals surface area contributed by atoms with E-state index in [9.17, 15) is 20.0 Å². The first kappa shape index (κ1) is 26.5. The molecular weight excluding hydrogens is 498 g/mol. The zero-order valence-corrected chi connectivity index (χ0v) is 22.0. The number of aldehydes is 1. The number of allylic oxidation sites excluding steroid dienone is 4. The van der Waals surface area contributed by atoms with Gasteiger partial charge in [-0.25, -0.2) is 4.79 Å². The minimum absolute atomic E-state index is 0.00347. The normalized spacial score (nSPS) is 21.9. The number of benzene rings is 3. The van der Waals surface area contributed by atoms with Gasteiger partial charge in [0.1, 0.15) is 18.1 Å². The summed E-state index contributed by atoms with van der Waals surface area (Å²) in [5, 5.41) is 22.6. The molecular formula is C31H31NO7. The van der Waals surface area contributed by atoms with Gasteiger partial charge >= 0.3 is 5.97 Å². The second-order valence-electron chi connectivity index (χ2n) is 10.00. The molecule has 0 saturated carbocycles. The molecule has 0 aromatic heterocycles. The molecule has 0 radical (unpaired) electrons. The lowest BCUT2D eigenvalue weighted by Crippen LogP contribution is -2.19. The quantitative estimate of drug-likeness (QED) is 0.125. The van der Waals surface area contributed by atoms with E-state index in [-0.39, 0.29) is 28.7 Å². The summed E-state index contributed by atoms with van der Waals surface area (Å²) in [6, 6.07) is 10.5. The molecule has 1 heterocycles. The van der Waals surface area contributed by atoms with E-state index in [0.717, 1.165) is 41.9 Å². The Morgan fingerprint density at radius 1 is 1.03 bits per heavy atom. The van der Waals surface area contributed by atoms with Crippen LogP contribution in [-0.2, 0) is 9.53 Å². The lowest BCUT2D eigenvalue weighted by atomic mass is 9.95. The van der Waals surface area contributed by atoms with E-state index in [2.05, 4.69) is 19.1 Å². The monoisotopic (exact) mass is 529 g/mol. The van der Waals surface area contributed by atoms with Crippen molar-refractivity contribution in [3.8, 4) is 11.5 Å². The third-order valence-corrected chi connectivity index (χ3v) is 7.17. The molecule has 0 unspecified atom stereocenters. The molecule has 1 atom stereocenters. The van der Waals surface area contributed by atoms with Crippen molar-refractivity contribution in [3.63, 3.8) is 0 Å². The van der Waals surface area contributed by atoms with Crippen LogP contribution in [0.2, 0.25) is 0 Å². The summed E-state index contributed by atoms with van der Waals surface area (Å²) in [6.07, 6.45) is 9.61. The van der Waals surface area contributed by atoms with Crippen LogP contribution in [0.25, 0.3) is 21.5 Å². The number of fused-ring (bicyclic) bond motifs is 5. The predicted octanol–water partition coefficient (Wildman–Crippen LogP) is 6.81. The molecule has 0 amide bonds. The van der Waals surface area contributed by atoms with Crippen LogP contribution >= 0.6 is 0 Å². The molecule has 2 N–H and O–H groups in total. The van der Waals surface area contributed by atoms with Gasteiger partial charge in [0.25, 0.3) is 0 Å². The summed E-state index contributed by atoms with van der Waals surface area (Å²) >= 11 is 0. The molecule has 0 fully saturated rings. The van der Waals surface area contributed by atoms with Crippen LogP contribution in [-0.4, -0.2) is 35.6 Å². The summed E-state index contributed by atoms with van der Waals surface area (Å²) in [5.74, 6) is 0.0942. The average molecular weight is 530 g/mol. The van der Waals surface area contributed by atoms with Crippen LogP contribution < -0.4 is 14.7 Å². The van der Waals surface area contributed by atoms with Crippen molar-refractivity contribution in [2.75, 3.05) is 12.0 Å². The standard InChI is InChI=1S/C31H31NO7/c1-19-7-5-9-20(2)13-23(14-21(17-33)10-6-8-19)39-31(34)25-16-27-30(38-18-37-27)29-24-12-4-3-11-22(24)15-26(28(25)29)32(35)36/h3-4,8-9,11-12,14-17,23,35-36H,5-7,10,13,18H2,1-2H3/b19-8+,20-9+,21-14-/t23-/m1/s1. The lowest BCUT2D eigenvalue weighted by molar-refractivity contribution is -0.105. The number of hydrogen-bond acceptors (Lipinski definition) is 8. The van der Waals surface area contributed by atoms with Crippen LogP contribution in [0.4, 0.5) is 5.69 Å². The predicted molar refractivity (Wildman–Crippen MR) is 148 cm³/mol. The lowest BCUT2D eigenvalue weighted by Gasteiger charge is -2.20. The number of anilines is 1. The maximum Gasteiger partial charge on any atom is 0.339 e. The minimum Gasteiger partial charge on any atom is -0.454 e. The molecule has 8 heteroatoms. The van der Waals surface area contributed by atoms with Crippen molar-refractivity contribution in [1.29, 1.82) is 0 Å². The van der Waals surface area contributed by atoms with Gasteiger partial charge in [-0.05, 0) is 74.1 Å². The second kappa shape index (κ2) is 11.3. The average Bonchev–Trinajstić information content (AvgIpc) is 3.39. The number of carbonyl (C=O) groups excluding carboxylic acids is 2. The van der Waals surface area contributed by atoms with E-state index in [0.29, 0.717) is 35.3 Å². The highest BCUT2D eigenvalue weighted by Crippen LogP contribution is 2.47. The largest absolute Gasteiger partial charge is 0.454 e. The number of ether oxygens (including phenoxy) is 3. The smallest absolute Gasteiger partial charge is 0.339 e. The van der Waals surface area contributed by atoms with E-state index in [1.165, 1.54) is 11.6 Å². The van der Waals surface area contributed by atoms with Crippen molar-refractivity contribution in [2.24, 2.45) is 0 Å². The van der Waals surface area contributed by atoms with Gasteiger partial charge in [-0.3, -0.25) is 15.2 Å². The van der Waals surface area contributed by atoms with Gasteiger partial charge in [0.15, 0.2) is 11.5 Å². The number of esters is 1. The summed E-state index contributed by atoms with van der Waals surface area (Å²) in [5.41, 5.74) is 2.98. The molecule has 5 rings (SSSR count). The third-order valence-electron chi connectivity index (χ3n) is 7.17. The molecule has 1 aliphatic carbocycles. The maximum atomic E-state index is 13.8. The zero-order valence-electron chi connectivity index (χ0n) is 22.0. The molecule has 1 aliphatic heterocycles. The van der Waals surface area contributed by atoms with Crippen molar-refractivity contribution in [1.82, 2.24) is 0 Å². The fraction of sp³-hybridized carbons (Fsp3) is 0.290. The summed E-state index contributed by atoms with van der Waals surface area (Å²) in [7, 11) is 0. The van der Waals surface area contributed by atoms with Crippen molar-refractivity contribution in [3.05, 3.63) is 76.9 Å². The first-order chi connectivity index (χ1) is 18.9.